The number of alkyl halides is 3. The molecule has 0 aromatic heterocycles. The highest BCUT2D eigenvalue weighted by molar-refractivity contribution is 6.31. The van der Waals surface area contributed by atoms with E-state index in [0.29, 0.717) is 5.56 Å². The van der Waals surface area contributed by atoms with E-state index in [1.807, 2.05) is 13.8 Å². The molecule has 1 N–H and O–H groups in total. The minimum Gasteiger partial charge on any atom is -0.484 e. The Morgan fingerprint density at radius 1 is 1.32 bits per heavy atom. The van der Waals surface area contributed by atoms with Gasteiger partial charge in [0.2, 0.25) is 0 Å². The van der Waals surface area contributed by atoms with Gasteiger partial charge < -0.3 is 4.74 Å². The van der Waals surface area contributed by atoms with Crippen LogP contribution in [-0.4, -0.2) is 13.0 Å². The zero-order valence-corrected chi connectivity index (χ0v) is 11.6. The summed E-state index contributed by atoms with van der Waals surface area (Å²) in [7, 11) is 1.36. The summed E-state index contributed by atoms with van der Waals surface area (Å²) in [5.74, 6) is -0.488. The van der Waals surface area contributed by atoms with Crippen molar-refractivity contribution in [2.45, 2.75) is 25.9 Å². The van der Waals surface area contributed by atoms with Gasteiger partial charge in [-0.1, -0.05) is 31.5 Å². The van der Waals surface area contributed by atoms with Crippen LogP contribution in [0.15, 0.2) is 18.2 Å². The predicted molar refractivity (Wildman–Crippen MR) is 68.8 cm³/mol. The normalized spacial score (nSPS) is 13.5. The molecular formula is C13H15ClF3NO. The highest BCUT2D eigenvalue weighted by Crippen LogP contribution is 2.36. The predicted octanol–water partition coefficient (Wildman–Crippen LogP) is 4.72. The SMILES string of the molecule is COC(=N)C(c1ccc(C(F)(F)F)cc1Cl)C(C)C. The molecule has 0 aliphatic heterocycles. The second-order valence-corrected chi connectivity index (χ2v) is 4.93. The molecule has 1 unspecified atom stereocenters. The first-order chi connectivity index (χ1) is 8.68. The molecule has 19 heavy (non-hydrogen) atoms. The van der Waals surface area contributed by atoms with Crippen molar-refractivity contribution in [3.05, 3.63) is 34.3 Å². The van der Waals surface area contributed by atoms with Gasteiger partial charge in [0.15, 0.2) is 5.90 Å². The third-order valence-electron chi connectivity index (χ3n) is 2.83. The summed E-state index contributed by atoms with van der Waals surface area (Å²) < 4.78 is 42.6. The number of methoxy groups -OCH3 is 1. The van der Waals surface area contributed by atoms with Crippen LogP contribution in [0.4, 0.5) is 13.2 Å². The smallest absolute Gasteiger partial charge is 0.416 e. The molecule has 0 bridgehead atoms. The quantitative estimate of drug-likeness (QED) is 0.635. The maximum atomic E-state index is 12.6. The van der Waals surface area contributed by atoms with Gasteiger partial charge in [0.25, 0.3) is 0 Å². The van der Waals surface area contributed by atoms with Crippen molar-refractivity contribution in [3.8, 4) is 0 Å². The van der Waals surface area contributed by atoms with E-state index >= 15 is 0 Å². The number of hydrogen-bond donors (Lipinski definition) is 1. The summed E-state index contributed by atoms with van der Waals surface area (Å²) >= 11 is 5.92. The topological polar surface area (TPSA) is 33.1 Å². The largest absolute Gasteiger partial charge is 0.484 e. The minimum atomic E-state index is -4.43. The Balaban J connectivity index is 3.24. The lowest BCUT2D eigenvalue weighted by atomic mass is 9.87. The van der Waals surface area contributed by atoms with Gasteiger partial charge in [0.05, 0.1) is 18.6 Å². The molecular weight excluding hydrogens is 279 g/mol. The highest BCUT2D eigenvalue weighted by atomic mass is 35.5. The lowest BCUT2D eigenvalue weighted by Crippen LogP contribution is -2.19. The average molecular weight is 294 g/mol. The number of rotatable bonds is 3. The van der Waals surface area contributed by atoms with E-state index in [4.69, 9.17) is 21.7 Å². The van der Waals surface area contributed by atoms with E-state index in [1.54, 1.807) is 0 Å². The molecule has 0 saturated heterocycles. The maximum Gasteiger partial charge on any atom is 0.416 e. The van der Waals surface area contributed by atoms with Gasteiger partial charge in [-0.25, -0.2) is 0 Å². The van der Waals surface area contributed by atoms with Crippen LogP contribution in [0.1, 0.15) is 30.9 Å². The first kappa shape index (κ1) is 15.8. The summed E-state index contributed by atoms with van der Waals surface area (Å²) in [6.07, 6.45) is -4.43. The Hall–Kier alpha value is -1.23. The zero-order valence-electron chi connectivity index (χ0n) is 10.8. The van der Waals surface area contributed by atoms with Crippen molar-refractivity contribution in [2.75, 3.05) is 7.11 Å². The van der Waals surface area contributed by atoms with E-state index in [0.717, 1.165) is 12.1 Å². The van der Waals surface area contributed by atoms with Crippen molar-refractivity contribution in [2.24, 2.45) is 5.92 Å². The third-order valence-corrected chi connectivity index (χ3v) is 3.16. The molecule has 0 saturated carbocycles. The minimum absolute atomic E-state index is 0.00433. The van der Waals surface area contributed by atoms with Crippen LogP contribution in [0, 0.1) is 11.3 Å². The molecule has 0 spiro atoms. The average Bonchev–Trinajstić information content (AvgIpc) is 2.29. The van der Waals surface area contributed by atoms with Crippen LogP contribution in [0.5, 0.6) is 0 Å². The molecule has 0 aliphatic rings. The molecule has 0 radical (unpaired) electrons. The van der Waals surface area contributed by atoms with Crippen LogP contribution in [0.3, 0.4) is 0 Å². The lowest BCUT2D eigenvalue weighted by molar-refractivity contribution is -0.137. The Morgan fingerprint density at radius 3 is 2.26 bits per heavy atom. The second kappa shape index (κ2) is 5.82. The zero-order chi connectivity index (χ0) is 14.8. The van der Waals surface area contributed by atoms with Crippen LogP contribution in [0.25, 0.3) is 0 Å². The summed E-state index contributed by atoms with van der Waals surface area (Å²) in [5, 5.41) is 7.73. The number of benzene rings is 1. The first-order valence-electron chi connectivity index (χ1n) is 5.67. The van der Waals surface area contributed by atoms with Crippen LogP contribution < -0.4 is 0 Å². The number of hydrogen-bond acceptors (Lipinski definition) is 2. The second-order valence-electron chi connectivity index (χ2n) is 4.52. The monoisotopic (exact) mass is 293 g/mol. The molecule has 0 aliphatic carbocycles. The van der Waals surface area contributed by atoms with E-state index < -0.39 is 17.7 Å². The van der Waals surface area contributed by atoms with Crippen molar-refractivity contribution in [1.82, 2.24) is 0 Å². The van der Waals surface area contributed by atoms with Crippen molar-refractivity contribution in [1.29, 1.82) is 5.41 Å². The number of halogens is 4. The maximum absolute atomic E-state index is 12.6. The molecule has 0 heterocycles. The number of ether oxygens (including phenoxy) is 1. The third kappa shape index (κ3) is 3.62. The van der Waals surface area contributed by atoms with Gasteiger partial charge >= 0.3 is 6.18 Å². The molecule has 0 amide bonds. The van der Waals surface area contributed by atoms with E-state index in [9.17, 15) is 13.2 Å². The molecule has 1 aromatic carbocycles. The lowest BCUT2D eigenvalue weighted by Gasteiger charge is -2.22. The van der Waals surface area contributed by atoms with Gasteiger partial charge in [-0.15, -0.1) is 0 Å². The standard InChI is InChI=1S/C13H15ClF3NO/c1-7(2)11(12(18)19-3)9-5-4-8(6-10(9)14)13(15,16)17/h4-7,11,18H,1-3H3. The molecule has 1 rings (SSSR count). The number of nitrogens with one attached hydrogen (secondary N) is 1. The van der Waals surface area contributed by atoms with Crippen LogP contribution in [-0.2, 0) is 10.9 Å². The Kier molecular flexibility index (Phi) is 4.85. The first-order valence-corrected chi connectivity index (χ1v) is 6.05. The van der Waals surface area contributed by atoms with E-state index in [1.165, 1.54) is 13.2 Å². The fourth-order valence-electron chi connectivity index (χ4n) is 1.89. The summed E-state index contributed by atoms with van der Waals surface area (Å²) in [5.41, 5.74) is -0.329. The summed E-state index contributed by atoms with van der Waals surface area (Å²) in [4.78, 5) is 0. The van der Waals surface area contributed by atoms with Gasteiger partial charge in [0.1, 0.15) is 0 Å². The van der Waals surface area contributed by atoms with Gasteiger partial charge in [-0.3, -0.25) is 5.41 Å². The van der Waals surface area contributed by atoms with Crippen molar-refractivity contribution in [3.63, 3.8) is 0 Å². The Morgan fingerprint density at radius 2 is 1.89 bits per heavy atom. The fraction of sp³-hybridized carbons (Fsp3) is 0.462. The van der Waals surface area contributed by atoms with Gasteiger partial charge in [-0.05, 0) is 23.6 Å². The van der Waals surface area contributed by atoms with Crippen molar-refractivity contribution < 1.29 is 17.9 Å². The molecule has 106 valence electrons. The van der Waals surface area contributed by atoms with Crippen molar-refractivity contribution >= 4 is 17.5 Å². The van der Waals surface area contributed by atoms with E-state index in [2.05, 4.69) is 0 Å². The Bertz CT molecular complexity index is 471. The summed E-state index contributed by atoms with van der Waals surface area (Å²) in [6, 6.07) is 3.16. The van der Waals surface area contributed by atoms with Crippen LogP contribution in [0.2, 0.25) is 5.02 Å². The Labute approximate surface area is 115 Å². The summed E-state index contributed by atoms with van der Waals surface area (Å²) in [6.45, 7) is 3.71. The molecule has 6 heteroatoms. The van der Waals surface area contributed by atoms with E-state index in [-0.39, 0.29) is 16.8 Å². The molecule has 0 fully saturated rings. The van der Waals surface area contributed by atoms with Gasteiger partial charge in [-0.2, -0.15) is 13.2 Å². The molecule has 2 nitrogen and oxygen atoms in total. The molecule has 1 aromatic rings. The van der Waals surface area contributed by atoms with Crippen LogP contribution >= 0.6 is 11.6 Å². The van der Waals surface area contributed by atoms with Gasteiger partial charge in [0, 0.05) is 5.02 Å². The molecule has 1 atom stereocenters. The highest BCUT2D eigenvalue weighted by Gasteiger charge is 2.32. The fourth-order valence-corrected chi connectivity index (χ4v) is 2.18.